The van der Waals surface area contributed by atoms with Crippen LogP contribution in [0.3, 0.4) is 0 Å². The van der Waals surface area contributed by atoms with E-state index in [1.807, 2.05) is 19.2 Å². The lowest BCUT2D eigenvalue weighted by atomic mass is 10.2. The molecule has 2 heterocycles. The Morgan fingerprint density at radius 2 is 2.08 bits per heavy atom. The summed E-state index contributed by atoms with van der Waals surface area (Å²) in [5.74, 6) is 0. The van der Waals surface area contributed by atoms with E-state index in [-0.39, 0.29) is 4.90 Å². The number of halogens is 1. The molecule has 0 unspecified atom stereocenters. The van der Waals surface area contributed by atoms with Crippen molar-refractivity contribution in [1.82, 2.24) is 19.3 Å². The number of nitrogens with one attached hydrogen (secondary N) is 1. The Bertz CT molecular complexity index is 969. The molecule has 24 heavy (non-hydrogen) atoms. The van der Waals surface area contributed by atoms with Crippen molar-refractivity contribution in [3.8, 4) is 0 Å². The first kappa shape index (κ1) is 17.1. The van der Waals surface area contributed by atoms with E-state index >= 15 is 0 Å². The summed E-state index contributed by atoms with van der Waals surface area (Å²) < 4.78 is 29.5. The maximum absolute atomic E-state index is 12.3. The van der Waals surface area contributed by atoms with Crippen LogP contribution in [0.25, 0.3) is 5.65 Å². The third kappa shape index (κ3) is 3.82. The first-order valence-electron chi connectivity index (χ1n) is 7.51. The summed E-state index contributed by atoms with van der Waals surface area (Å²) in [4.78, 5) is 4.59. The Kier molecular flexibility index (Phi) is 4.98. The molecule has 0 aliphatic heterocycles. The maximum atomic E-state index is 12.3. The number of hydrogen-bond donors (Lipinski definition) is 1. The van der Waals surface area contributed by atoms with Crippen LogP contribution in [-0.2, 0) is 16.4 Å². The highest BCUT2D eigenvalue weighted by Crippen LogP contribution is 2.20. The third-order valence-corrected chi connectivity index (χ3v) is 6.02. The second-order valence-corrected chi connectivity index (χ2v) is 8.07. The van der Waals surface area contributed by atoms with Gasteiger partial charge in [0.05, 0.1) is 10.6 Å². The number of fused-ring (bicyclic) bond motifs is 1. The van der Waals surface area contributed by atoms with Gasteiger partial charge in [-0.3, -0.25) is 0 Å². The van der Waals surface area contributed by atoms with Crippen LogP contribution < -0.4 is 4.72 Å². The van der Waals surface area contributed by atoms with E-state index in [4.69, 9.17) is 0 Å². The van der Waals surface area contributed by atoms with Crippen molar-refractivity contribution in [2.24, 2.45) is 0 Å². The van der Waals surface area contributed by atoms with E-state index in [9.17, 15) is 8.42 Å². The summed E-state index contributed by atoms with van der Waals surface area (Å²) in [7, 11) is -3.51. The average molecular weight is 409 g/mol. The summed E-state index contributed by atoms with van der Waals surface area (Å²) in [6.07, 6.45) is 5.13. The Hall–Kier alpha value is -1.77. The van der Waals surface area contributed by atoms with Crippen molar-refractivity contribution < 1.29 is 8.42 Å². The molecule has 0 atom stereocenters. The molecule has 0 fully saturated rings. The number of aromatic nitrogens is 3. The molecule has 0 saturated carbocycles. The Balaban J connectivity index is 1.59. The van der Waals surface area contributed by atoms with E-state index in [2.05, 4.69) is 30.7 Å². The summed E-state index contributed by atoms with van der Waals surface area (Å²) in [6.45, 7) is 2.28. The van der Waals surface area contributed by atoms with Crippen LogP contribution in [0.15, 0.2) is 52.1 Å². The van der Waals surface area contributed by atoms with Gasteiger partial charge < -0.3 is 0 Å². The molecular formula is C16H17BrN4O2S. The molecule has 1 N–H and O–H groups in total. The standard InChI is InChI=1S/C16H17BrN4O2S/c1-12-9-16-18-10-13(11-21(16)20-12)5-4-8-19-24(22,23)15-7-3-2-6-14(15)17/h2-3,6-7,9-11,19H,4-5,8H2,1H3. The zero-order valence-electron chi connectivity index (χ0n) is 13.1. The first-order chi connectivity index (χ1) is 11.5. The van der Waals surface area contributed by atoms with Gasteiger partial charge in [-0.05, 0) is 53.4 Å². The fraction of sp³-hybridized carbons (Fsp3) is 0.250. The van der Waals surface area contributed by atoms with Gasteiger partial charge in [-0.25, -0.2) is 22.6 Å². The normalized spacial score (nSPS) is 11.9. The smallest absolute Gasteiger partial charge is 0.237 e. The minimum Gasteiger partial charge on any atom is -0.237 e. The van der Waals surface area contributed by atoms with Gasteiger partial charge in [-0.15, -0.1) is 0 Å². The molecule has 0 amide bonds. The van der Waals surface area contributed by atoms with Gasteiger partial charge in [0.25, 0.3) is 0 Å². The Morgan fingerprint density at radius 1 is 1.29 bits per heavy atom. The van der Waals surface area contributed by atoms with Crippen LogP contribution in [-0.4, -0.2) is 29.6 Å². The van der Waals surface area contributed by atoms with Crippen LogP contribution in [0.4, 0.5) is 0 Å². The minimum absolute atomic E-state index is 0.250. The highest BCUT2D eigenvalue weighted by atomic mass is 79.9. The average Bonchev–Trinajstić information content (AvgIpc) is 2.91. The van der Waals surface area contributed by atoms with Gasteiger partial charge in [-0.1, -0.05) is 12.1 Å². The zero-order valence-corrected chi connectivity index (χ0v) is 15.5. The van der Waals surface area contributed by atoms with Gasteiger partial charge in [-0.2, -0.15) is 5.10 Å². The molecule has 0 spiro atoms. The van der Waals surface area contributed by atoms with E-state index in [1.165, 1.54) is 0 Å². The molecule has 0 saturated heterocycles. The van der Waals surface area contributed by atoms with Gasteiger partial charge in [0.15, 0.2) is 5.65 Å². The molecule has 6 nitrogen and oxygen atoms in total. The van der Waals surface area contributed by atoms with Crippen molar-refractivity contribution >= 4 is 31.6 Å². The molecule has 1 aromatic carbocycles. The molecule has 0 bridgehead atoms. The topological polar surface area (TPSA) is 76.4 Å². The lowest BCUT2D eigenvalue weighted by Crippen LogP contribution is -2.25. The SMILES string of the molecule is Cc1cc2ncc(CCCNS(=O)(=O)c3ccccc3Br)cn2n1. The fourth-order valence-electron chi connectivity index (χ4n) is 2.40. The second kappa shape index (κ2) is 7.00. The van der Waals surface area contributed by atoms with E-state index in [0.717, 1.165) is 23.3 Å². The molecule has 0 aliphatic rings. The number of hydrogen-bond acceptors (Lipinski definition) is 4. The number of sulfonamides is 1. The molecular weight excluding hydrogens is 392 g/mol. The maximum Gasteiger partial charge on any atom is 0.241 e. The number of rotatable bonds is 6. The van der Waals surface area contributed by atoms with Crippen LogP contribution in [0.2, 0.25) is 0 Å². The fourth-order valence-corrected chi connectivity index (χ4v) is 4.48. The minimum atomic E-state index is -3.51. The second-order valence-electron chi connectivity index (χ2n) is 5.48. The van der Waals surface area contributed by atoms with Crippen LogP contribution in [0, 0.1) is 6.92 Å². The van der Waals surface area contributed by atoms with Crippen molar-refractivity contribution in [2.45, 2.75) is 24.7 Å². The largest absolute Gasteiger partial charge is 0.241 e. The van der Waals surface area contributed by atoms with Crippen molar-refractivity contribution in [3.05, 3.63) is 58.5 Å². The predicted octanol–water partition coefficient (Wildman–Crippen LogP) is 2.71. The van der Waals surface area contributed by atoms with Crippen LogP contribution in [0.1, 0.15) is 17.7 Å². The van der Waals surface area contributed by atoms with Gasteiger partial charge >= 0.3 is 0 Å². The van der Waals surface area contributed by atoms with Gasteiger partial charge in [0.2, 0.25) is 10.0 Å². The van der Waals surface area contributed by atoms with Gasteiger partial charge in [0, 0.05) is 29.5 Å². The Morgan fingerprint density at radius 3 is 2.88 bits per heavy atom. The number of nitrogens with zero attached hydrogens (tertiary/aromatic N) is 3. The number of aryl methyl sites for hydroxylation is 2. The Labute approximate surface area is 149 Å². The molecule has 2 aromatic heterocycles. The predicted molar refractivity (Wildman–Crippen MR) is 95.4 cm³/mol. The van der Waals surface area contributed by atoms with E-state index in [0.29, 0.717) is 17.4 Å². The van der Waals surface area contributed by atoms with E-state index in [1.54, 1.807) is 35.0 Å². The van der Waals surface area contributed by atoms with Crippen molar-refractivity contribution in [3.63, 3.8) is 0 Å². The highest BCUT2D eigenvalue weighted by Gasteiger charge is 2.16. The highest BCUT2D eigenvalue weighted by molar-refractivity contribution is 9.10. The summed E-state index contributed by atoms with van der Waals surface area (Å²) in [6, 6.07) is 8.68. The van der Waals surface area contributed by atoms with E-state index < -0.39 is 10.0 Å². The quantitative estimate of drug-likeness (QED) is 0.636. The summed E-state index contributed by atoms with van der Waals surface area (Å²) in [5, 5.41) is 4.33. The van der Waals surface area contributed by atoms with Crippen LogP contribution in [0.5, 0.6) is 0 Å². The third-order valence-electron chi connectivity index (χ3n) is 3.55. The lowest BCUT2D eigenvalue weighted by molar-refractivity contribution is 0.578. The molecule has 8 heteroatoms. The molecule has 0 aliphatic carbocycles. The zero-order chi connectivity index (χ0) is 17.2. The number of benzene rings is 1. The molecule has 0 radical (unpaired) electrons. The first-order valence-corrected chi connectivity index (χ1v) is 9.78. The van der Waals surface area contributed by atoms with Crippen molar-refractivity contribution in [1.29, 1.82) is 0 Å². The lowest BCUT2D eigenvalue weighted by Gasteiger charge is -2.08. The molecule has 3 aromatic rings. The molecule has 126 valence electrons. The monoisotopic (exact) mass is 408 g/mol. The summed E-state index contributed by atoms with van der Waals surface area (Å²) in [5.41, 5.74) is 2.75. The summed E-state index contributed by atoms with van der Waals surface area (Å²) >= 11 is 3.27. The van der Waals surface area contributed by atoms with Crippen LogP contribution >= 0.6 is 15.9 Å². The molecule has 3 rings (SSSR count). The van der Waals surface area contributed by atoms with Crippen molar-refractivity contribution in [2.75, 3.05) is 6.54 Å². The van der Waals surface area contributed by atoms with Gasteiger partial charge in [0.1, 0.15) is 0 Å².